The maximum Gasteiger partial charge on any atom is 0.161 e. The standard InChI is InChI=1S/C17H26N2O2/c1-19-9-5-14(6-10-19)21-16-11-13(3-4-15(16)20-2)12-17(18)7-8-17/h3-4,11,14H,5-10,12,18H2,1-2H3. The number of rotatable bonds is 5. The summed E-state index contributed by atoms with van der Waals surface area (Å²) in [6.45, 7) is 2.19. The molecule has 1 aromatic carbocycles. The Morgan fingerprint density at radius 2 is 1.95 bits per heavy atom. The van der Waals surface area contributed by atoms with Crippen molar-refractivity contribution in [2.24, 2.45) is 5.73 Å². The first-order valence-electron chi connectivity index (χ1n) is 7.89. The van der Waals surface area contributed by atoms with Gasteiger partial charge in [0.05, 0.1) is 7.11 Å². The van der Waals surface area contributed by atoms with E-state index in [1.165, 1.54) is 5.56 Å². The van der Waals surface area contributed by atoms with Crippen molar-refractivity contribution in [3.8, 4) is 11.5 Å². The number of hydrogen-bond donors (Lipinski definition) is 1. The van der Waals surface area contributed by atoms with Crippen LogP contribution in [0.3, 0.4) is 0 Å². The third-order valence-corrected chi connectivity index (χ3v) is 4.64. The van der Waals surface area contributed by atoms with Crippen molar-refractivity contribution in [2.75, 3.05) is 27.2 Å². The van der Waals surface area contributed by atoms with Crippen LogP contribution in [0.1, 0.15) is 31.2 Å². The van der Waals surface area contributed by atoms with Gasteiger partial charge < -0.3 is 20.1 Å². The maximum atomic E-state index is 6.22. The molecule has 0 aromatic heterocycles. The Hall–Kier alpha value is -1.26. The van der Waals surface area contributed by atoms with Gasteiger partial charge in [-0.05, 0) is 56.8 Å². The minimum absolute atomic E-state index is 0.0272. The maximum absolute atomic E-state index is 6.22. The van der Waals surface area contributed by atoms with Crippen LogP contribution >= 0.6 is 0 Å². The molecule has 0 radical (unpaired) electrons. The molecule has 2 N–H and O–H groups in total. The predicted molar refractivity (Wildman–Crippen MR) is 84.0 cm³/mol. The lowest BCUT2D eigenvalue weighted by Crippen LogP contribution is -2.35. The van der Waals surface area contributed by atoms with Crippen molar-refractivity contribution in [2.45, 2.75) is 43.7 Å². The van der Waals surface area contributed by atoms with E-state index >= 15 is 0 Å². The normalized spacial score (nSPS) is 22.0. The van der Waals surface area contributed by atoms with Crippen molar-refractivity contribution < 1.29 is 9.47 Å². The van der Waals surface area contributed by atoms with Gasteiger partial charge in [0.15, 0.2) is 11.5 Å². The van der Waals surface area contributed by atoms with Crippen LogP contribution in [0.25, 0.3) is 0 Å². The van der Waals surface area contributed by atoms with Crippen molar-refractivity contribution >= 4 is 0 Å². The molecule has 1 saturated carbocycles. The van der Waals surface area contributed by atoms with Gasteiger partial charge in [-0.2, -0.15) is 0 Å². The summed E-state index contributed by atoms with van der Waals surface area (Å²) in [5.41, 5.74) is 7.50. The smallest absolute Gasteiger partial charge is 0.161 e. The summed E-state index contributed by atoms with van der Waals surface area (Å²) in [7, 11) is 3.86. The molecular formula is C17H26N2O2. The van der Waals surface area contributed by atoms with Gasteiger partial charge in [0.25, 0.3) is 0 Å². The summed E-state index contributed by atoms with van der Waals surface area (Å²) in [4.78, 5) is 2.35. The molecule has 0 bridgehead atoms. The Bertz CT molecular complexity index is 492. The summed E-state index contributed by atoms with van der Waals surface area (Å²) in [5.74, 6) is 1.69. The van der Waals surface area contributed by atoms with Crippen LogP contribution in [0.15, 0.2) is 18.2 Å². The zero-order valence-electron chi connectivity index (χ0n) is 13.1. The van der Waals surface area contributed by atoms with E-state index in [9.17, 15) is 0 Å². The van der Waals surface area contributed by atoms with Crippen molar-refractivity contribution in [1.82, 2.24) is 4.90 Å². The second-order valence-corrected chi connectivity index (χ2v) is 6.64. The van der Waals surface area contributed by atoms with E-state index in [-0.39, 0.29) is 11.6 Å². The van der Waals surface area contributed by atoms with Gasteiger partial charge in [-0.15, -0.1) is 0 Å². The lowest BCUT2D eigenvalue weighted by molar-refractivity contribution is 0.111. The molecule has 1 aromatic rings. The number of methoxy groups -OCH3 is 1. The molecule has 1 aliphatic carbocycles. The first-order valence-corrected chi connectivity index (χ1v) is 7.89. The molecule has 1 aliphatic heterocycles. The molecule has 3 rings (SSSR count). The quantitative estimate of drug-likeness (QED) is 0.903. The van der Waals surface area contributed by atoms with Crippen LogP contribution in [0.4, 0.5) is 0 Å². The monoisotopic (exact) mass is 290 g/mol. The number of nitrogens with zero attached hydrogens (tertiary/aromatic N) is 1. The largest absolute Gasteiger partial charge is 0.493 e. The number of likely N-dealkylation sites (tertiary alicyclic amines) is 1. The van der Waals surface area contributed by atoms with Crippen LogP contribution in [-0.2, 0) is 6.42 Å². The molecule has 4 heteroatoms. The molecule has 2 fully saturated rings. The minimum Gasteiger partial charge on any atom is -0.493 e. The molecule has 1 heterocycles. The van der Waals surface area contributed by atoms with Gasteiger partial charge in [-0.1, -0.05) is 6.07 Å². The lowest BCUT2D eigenvalue weighted by atomic mass is 10.0. The van der Waals surface area contributed by atoms with Crippen LogP contribution in [0.2, 0.25) is 0 Å². The number of nitrogens with two attached hydrogens (primary N) is 1. The Balaban J connectivity index is 1.70. The molecule has 21 heavy (non-hydrogen) atoms. The van der Waals surface area contributed by atoms with Gasteiger partial charge >= 0.3 is 0 Å². The van der Waals surface area contributed by atoms with Gasteiger partial charge in [-0.25, -0.2) is 0 Å². The molecule has 0 atom stereocenters. The number of piperidine rings is 1. The molecule has 1 saturated heterocycles. The highest BCUT2D eigenvalue weighted by molar-refractivity contribution is 5.44. The van der Waals surface area contributed by atoms with Gasteiger partial charge in [0.1, 0.15) is 6.10 Å². The number of hydrogen-bond acceptors (Lipinski definition) is 4. The molecular weight excluding hydrogens is 264 g/mol. The van der Waals surface area contributed by atoms with E-state index in [4.69, 9.17) is 15.2 Å². The fraction of sp³-hybridized carbons (Fsp3) is 0.647. The Morgan fingerprint density at radius 3 is 2.57 bits per heavy atom. The van der Waals surface area contributed by atoms with E-state index in [0.717, 1.165) is 56.7 Å². The van der Waals surface area contributed by atoms with Crippen LogP contribution in [0.5, 0.6) is 11.5 Å². The van der Waals surface area contributed by atoms with E-state index in [0.29, 0.717) is 0 Å². The highest BCUT2D eigenvalue weighted by Gasteiger charge is 2.38. The van der Waals surface area contributed by atoms with E-state index in [1.54, 1.807) is 7.11 Å². The average molecular weight is 290 g/mol. The first-order chi connectivity index (χ1) is 10.1. The first kappa shape index (κ1) is 14.7. The van der Waals surface area contributed by atoms with E-state index in [1.807, 2.05) is 6.07 Å². The average Bonchev–Trinajstić information content (AvgIpc) is 3.19. The lowest BCUT2D eigenvalue weighted by Gasteiger charge is -2.29. The molecule has 0 spiro atoms. The summed E-state index contributed by atoms with van der Waals surface area (Å²) >= 11 is 0. The van der Waals surface area contributed by atoms with Crippen LogP contribution in [-0.4, -0.2) is 43.8 Å². The Morgan fingerprint density at radius 1 is 1.24 bits per heavy atom. The fourth-order valence-electron chi connectivity index (χ4n) is 2.95. The zero-order valence-corrected chi connectivity index (χ0v) is 13.1. The molecule has 4 nitrogen and oxygen atoms in total. The third-order valence-electron chi connectivity index (χ3n) is 4.64. The fourth-order valence-corrected chi connectivity index (χ4v) is 2.95. The number of ether oxygens (including phenoxy) is 2. The van der Waals surface area contributed by atoms with Crippen molar-refractivity contribution in [3.63, 3.8) is 0 Å². The van der Waals surface area contributed by atoms with Crippen molar-refractivity contribution in [3.05, 3.63) is 23.8 Å². The Kier molecular flexibility index (Phi) is 4.09. The third kappa shape index (κ3) is 3.69. The topological polar surface area (TPSA) is 47.7 Å². The van der Waals surface area contributed by atoms with Gasteiger partial charge in [-0.3, -0.25) is 0 Å². The van der Waals surface area contributed by atoms with E-state index < -0.39 is 0 Å². The number of benzene rings is 1. The molecule has 0 unspecified atom stereocenters. The highest BCUT2D eigenvalue weighted by Crippen LogP contribution is 2.38. The summed E-state index contributed by atoms with van der Waals surface area (Å²) < 4.78 is 11.7. The molecule has 0 amide bonds. The second-order valence-electron chi connectivity index (χ2n) is 6.64. The van der Waals surface area contributed by atoms with Crippen LogP contribution < -0.4 is 15.2 Å². The molecule has 116 valence electrons. The van der Waals surface area contributed by atoms with Gasteiger partial charge in [0, 0.05) is 18.6 Å². The van der Waals surface area contributed by atoms with Crippen molar-refractivity contribution in [1.29, 1.82) is 0 Å². The summed E-state index contributed by atoms with van der Waals surface area (Å²) in [5, 5.41) is 0. The highest BCUT2D eigenvalue weighted by atomic mass is 16.5. The summed E-state index contributed by atoms with van der Waals surface area (Å²) in [6, 6.07) is 6.22. The van der Waals surface area contributed by atoms with Gasteiger partial charge in [0.2, 0.25) is 0 Å². The minimum atomic E-state index is 0.0272. The summed E-state index contributed by atoms with van der Waals surface area (Å²) in [6.07, 6.45) is 5.63. The van der Waals surface area contributed by atoms with E-state index in [2.05, 4.69) is 24.1 Å². The second kappa shape index (κ2) is 5.85. The molecule has 2 aliphatic rings. The predicted octanol–water partition coefficient (Wildman–Crippen LogP) is 2.20. The van der Waals surface area contributed by atoms with Crippen LogP contribution in [0, 0.1) is 0 Å². The Labute approximate surface area is 127 Å². The SMILES string of the molecule is COc1ccc(CC2(N)CC2)cc1OC1CCN(C)CC1. The zero-order chi connectivity index (χ0) is 14.9.